The minimum atomic E-state index is 0.160. The lowest BCUT2D eigenvalue weighted by atomic mass is 9.94. The number of thioether (sulfide) groups is 1. The van der Waals surface area contributed by atoms with Crippen molar-refractivity contribution in [1.82, 2.24) is 9.47 Å². The summed E-state index contributed by atoms with van der Waals surface area (Å²) in [5.74, 6) is 0.160. The fourth-order valence-corrected chi connectivity index (χ4v) is 7.21. The first-order valence-electron chi connectivity index (χ1n) is 13.5. The van der Waals surface area contributed by atoms with Crippen LogP contribution in [-0.2, 0) is 4.79 Å². The molecule has 2 saturated carbocycles. The van der Waals surface area contributed by atoms with Crippen LogP contribution in [0.25, 0.3) is 11.8 Å². The first kappa shape index (κ1) is 24.4. The van der Waals surface area contributed by atoms with Crippen molar-refractivity contribution < 1.29 is 4.79 Å². The maximum absolute atomic E-state index is 13.8. The Balaban J connectivity index is 1.49. The molecule has 0 spiro atoms. The Morgan fingerprint density at radius 2 is 1.60 bits per heavy atom. The predicted molar refractivity (Wildman–Crippen MR) is 148 cm³/mol. The van der Waals surface area contributed by atoms with Crippen LogP contribution in [0.5, 0.6) is 0 Å². The minimum Gasteiger partial charge on any atom is -0.318 e. The molecule has 0 bridgehead atoms. The molecule has 4 nitrogen and oxygen atoms in total. The van der Waals surface area contributed by atoms with Gasteiger partial charge in [-0.1, -0.05) is 56.2 Å². The van der Waals surface area contributed by atoms with Crippen LogP contribution in [0, 0.1) is 27.7 Å². The molecule has 1 aliphatic heterocycles. The van der Waals surface area contributed by atoms with Gasteiger partial charge in [0.1, 0.15) is 0 Å². The number of hydrogen-bond acceptors (Lipinski definition) is 3. The molecule has 3 fully saturated rings. The number of aliphatic imine (C=N–C) groups is 1. The smallest absolute Gasteiger partial charge is 0.267 e. The number of amides is 1. The van der Waals surface area contributed by atoms with Crippen LogP contribution in [0.3, 0.4) is 0 Å². The number of rotatable bonds is 4. The second kappa shape index (κ2) is 10.4. The lowest BCUT2D eigenvalue weighted by molar-refractivity contribution is -0.124. The van der Waals surface area contributed by atoms with Crippen molar-refractivity contribution in [1.29, 1.82) is 0 Å². The molecule has 35 heavy (non-hydrogen) atoms. The number of hydrogen-bond donors (Lipinski definition) is 0. The topological polar surface area (TPSA) is 37.6 Å². The summed E-state index contributed by atoms with van der Waals surface area (Å²) in [5.41, 5.74) is 7.25. The molecule has 1 aromatic carbocycles. The van der Waals surface area contributed by atoms with Gasteiger partial charge in [0.05, 0.1) is 10.9 Å². The summed E-state index contributed by atoms with van der Waals surface area (Å²) < 4.78 is 2.32. The third-order valence-corrected chi connectivity index (χ3v) is 8.99. The predicted octanol–water partition coefficient (Wildman–Crippen LogP) is 7.65. The average Bonchev–Trinajstić information content (AvgIpc) is 3.30. The van der Waals surface area contributed by atoms with E-state index in [2.05, 4.69) is 67.5 Å². The molecule has 0 atom stereocenters. The molecule has 2 aromatic rings. The van der Waals surface area contributed by atoms with Gasteiger partial charge in [-0.25, -0.2) is 0 Å². The fraction of sp³-hybridized carbons (Fsp3) is 0.533. The quantitative estimate of drug-likeness (QED) is 0.414. The van der Waals surface area contributed by atoms with E-state index in [1.165, 1.54) is 66.7 Å². The Kier molecular flexibility index (Phi) is 7.24. The summed E-state index contributed by atoms with van der Waals surface area (Å²) in [4.78, 5) is 21.9. The van der Waals surface area contributed by atoms with E-state index in [9.17, 15) is 4.79 Å². The summed E-state index contributed by atoms with van der Waals surface area (Å²) in [5, 5.41) is 0.961. The van der Waals surface area contributed by atoms with Crippen LogP contribution in [0.15, 0.2) is 34.2 Å². The third-order valence-electron chi connectivity index (χ3n) is 7.99. The van der Waals surface area contributed by atoms with Crippen LogP contribution >= 0.6 is 11.8 Å². The van der Waals surface area contributed by atoms with E-state index in [0.717, 1.165) is 41.3 Å². The molecule has 0 unspecified atom stereocenters. The van der Waals surface area contributed by atoms with Gasteiger partial charge >= 0.3 is 0 Å². The second-order valence-corrected chi connectivity index (χ2v) is 11.7. The maximum Gasteiger partial charge on any atom is 0.267 e. The molecule has 2 aliphatic carbocycles. The van der Waals surface area contributed by atoms with Crippen LogP contribution < -0.4 is 0 Å². The van der Waals surface area contributed by atoms with Crippen LogP contribution in [0.4, 0.5) is 0 Å². The molecule has 2 heterocycles. The van der Waals surface area contributed by atoms with Gasteiger partial charge in [-0.2, -0.15) is 0 Å². The highest BCUT2D eigenvalue weighted by Crippen LogP contribution is 2.39. The molecule has 3 aliphatic rings. The maximum atomic E-state index is 13.8. The zero-order valence-electron chi connectivity index (χ0n) is 21.8. The number of nitrogens with zero attached hydrogens (tertiary/aromatic N) is 3. The average molecular weight is 490 g/mol. The largest absolute Gasteiger partial charge is 0.318 e. The van der Waals surface area contributed by atoms with Gasteiger partial charge in [0, 0.05) is 23.1 Å². The summed E-state index contributed by atoms with van der Waals surface area (Å²) >= 11 is 1.61. The molecule has 0 N–H and O–H groups in total. The normalized spacial score (nSPS) is 22.6. The summed E-state index contributed by atoms with van der Waals surface area (Å²) in [6.45, 7) is 8.63. The molecule has 0 radical (unpaired) electrons. The fourth-order valence-electron chi connectivity index (χ4n) is 6.11. The van der Waals surface area contributed by atoms with E-state index in [4.69, 9.17) is 4.99 Å². The highest BCUT2D eigenvalue weighted by atomic mass is 32.2. The molecular formula is C30H39N3OS. The minimum absolute atomic E-state index is 0.160. The van der Waals surface area contributed by atoms with Crippen molar-refractivity contribution in [2.45, 2.75) is 104 Å². The Morgan fingerprint density at radius 1 is 0.914 bits per heavy atom. The van der Waals surface area contributed by atoms with E-state index < -0.39 is 0 Å². The SMILES string of the molecule is Cc1ccc(-n2c(C)cc(C=C3SC(=NC4CCCCC4)N(C4CCCCC4)C3=O)c2C)c(C)c1. The van der Waals surface area contributed by atoms with Crippen molar-refractivity contribution >= 4 is 28.9 Å². The van der Waals surface area contributed by atoms with Gasteiger partial charge in [0.2, 0.25) is 0 Å². The summed E-state index contributed by atoms with van der Waals surface area (Å²) in [6.07, 6.45) is 14.2. The van der Waals surface area contributed by atoms with Gasteiger partial charge in [-0.15, -0.1) is 0 Å². The highest BCUT2D eigenvalue weighted by Gasteiger charge is 2.39. The van der Waals surface area contributed by atoms with Gasteiger partial charge in [-0.05, 0) is 94.5 Å². The van der Waals surface area contributed by atoms with Crippen LogP contribution in [0.1, 0.15) is 92.3 Å². The van der Waals surface area contributed by atoms with E-state index >= 15 is 0 Å². The van der Waals surface area contributed by atoms with Crippen LogP contribution in [-0.4, -0.2) is 32.6 Å². The second-order valence-electron chi connectivity index (χ2n) is 10.7. The number of amidine groups is 1. The Labute approximate surface area is 214 Å². The van der Waals surface area contributed by atoms with Gasteiger partial charge in [0.15, 0.2) is 5.17 Å². The monoisotopic (exact) mass is 489 g/mol. The third kappa shape index (κ3) is 5.02. The van der Waals surface area contributed by atoms with Crippen LogP contribution in [0.2, 0.25) is 0 Å². The standard InChI is InChI=1S/C30H39N3OS/c1-20-15-16-27(21(2)17-20)32-22(3)18-24(23(32)4)19-28-29(34)33(26-13-9-6-10-14-26)30(35-28)31-25-11-7-5-8-12-25/h15-19,25-26H,5-14H2,1-4H3. The Hall–Kier alpha value is -2.27. The molecule has 186 valence electrons. The highest BCUT2D eigenvalue weighted by molar-refractivity contribution is 8.18. The van der Waals surface area contributed by atoms with Crippen molar-refractivity contribution in [2.24, 2.45) is 4.99 Å². The van der Waals surface area contributed by atoms with Crippen molar-refractivity contribution in [2.75, 3.05) is 0 Å². The lowest BCUT2D eigenvalue weighted by Gasteiger charge is -2.31. The lowest BCUT2D eigenvalue weighted by Crippen LogP contribution is -2.41. The van der Waals surface area contributed by atoms with Crippen molar-refractivity contribution in [3.8, 4) is 5.69 Å². The van der Waals surface area contributed by atoms with Gasteiger partial charge in [-0.3, -0.25) is 14.7 Å². The van der Waals surface area contributed by atoms with E-state index in [1.807, 2.05) is 0 Å². The molecule has 5 heteroatoms. The molecule has 1 aromatic heterocycles. The number of aromatic nitrogens is 1. The van der Waals surface area contributed by atoms with E-state index in [-0.39, 0.29) is 5.91 Å². The Morgan fingerprint density at radius 3 is 2.29 bits per heavy atom. The number of aryl methyl sites for hydroxylation is 3. The van der Waals surface area contributed by atoms with Crippen molar-refractivity contribution in [3.05, 3.63) is 57.2 Å². The zero-order valence-corrected chi connectivity index (χ0v) is 22.6. The Bertz CT molecular complexity index is 1160. The summed E-state index contributed by atoms with van der Waals surface area (Å²) in [7, 11) is 0. The molecular weight excluding hydrogens is 450 g/mol. The number of benzene rings is 1. The van der Waals surface area contributed by atoms with Gasteiger partial charge in [0.25, 0.3) is 5.91 Å². The number of carbonyl (C=O) groups is 1. The summed E-state index contributed by atoms with van der Waals surface area (Å²) in [6, 6.07) is 9.51. The number of carbonyl (C=O) groups excluding carboxylic acids is 1. The zero-order chi connectivity index (χ0) is 24.5. The first-order valence-corrected chi connectivity index (χ1v) is 14.3. The molecule has 1 amide bonds. The van der Waals surface area contributed by atoms with Gasteiger partial charge < -0.3 is 4.57 Å². The van der Waals surface area contributed by atoms with E-state index in [0.29, 0.717) is 12.1 Å². The molecule has 1 saturated heterocycles. The first-order chi connectivity index (χ1) is 16.9. The van der Waals surface area contributed by atoms with Crippen molar-refractivity contribution in [3.63, 3.8) is 0 Å². The van der Waals surface area contributed by atoms with E-state index in [1.54, 1.807) is 11.8 Å². The molecule has 5 rings (SSSR count).